The number of nitrogens with zero attached hydrogens (tertiary/aromatic N) is 2. The highest BCUT2D eigenvalue weighted by Gasteiger charge is 2.32. The van der Waals surface area contributed by atoms with E-state index in [-0.39, 0.29) is 30.6 Å². The summed E-state index contributed by atoms with van der Waals surface area (Å²) in [4.78, 5) is 30.1. The predicted octanol–water partition coefficient (Wildman–Crippen LogP) is 4.93. The normalized spacial score (nSPS) is 18.4. The molecular weight excluding hydrogens is 544 g/mol. The molecule has 1 saturated heterocycles. The summed E-state index contributed by atoms with van der Waals surface area (Å²) in [5.74, 6) is -0.0606. The first-order valence-corrected chi connectivity index (χ1v) is 15.1. The van der Waals surface area contributed by atoms with Crippen molar-refractivity contribution < 1.29 is 24.2 Å². The van der Waals surface area contributed by atoms with E-state index >= 15 is 0 Å². The molecule has 1 fully saturated rings. The lowest BCUT2D eigenvalue weighted by atomic mass is 9.99. The van der Waals surface area contributed by atoms with Crippen molar-refractivity contribution >= 4 is 17.5 Å². The van der Waals surface area contributed by atoms with Crippen molar-refractivity contribution in [3.05, 3.63) is 95.3 Å². The number of likely N-dealkylation sites (N-methyl/N-ethyl adjacent to an activating group) is 1. The number of benzene rings is 2. The standard InChI is InChI=1S/C34H44N4O5/c1-25(40)35-19-6-3-4-9-33(41)37-30-16-14-28(15-17-30)34-42-31(23-38(2)21-18-29-8-5-7-20-36-29)22-32(43-34)27-12-10-26(24-39)11-13-27/h5,7-8,10-17,20,31-32,34,39H,3-4,6,9,18-19,21-24H2,1-2H3,(H,35,40)(H,37,41)/t31-,32+,34+/m0/s1. The molecule has 1 aromatic heterocycles. The van der Waals surface area contributed by atoms with Gasteiger partial charge in [0.1, 0.15) is 0 Å². The Kier molecular flexibility index (Phi) is 12.7. The molecule has 2 aromatic carbocycles. The summed E-state index contributed by atoms with van der Waals surface area (Å²) < 4.78 is 12.9. The van der Waals surface area contributed by atoms with E-state index in [1.807, 2.05) is 72.9 Å². The Morgan fingerprint density at radius 1 is 0.977 bits per heavy atom. The van der Waals surface area contributed by atoms with Crippen LogP contribution in [0.25, 0.3) is 0 Å². The van der Waals surface area contributed by atoms with Crippen LogP contribution in [0.1, 0.15) is 73.8 Å². The molecule has 3 N–H and O–H groups in total. The Morgan fingerprint density at radius 2 is 1.74 bits per heavy atom. The van der Waals surface area contributed by atoms with Crippen LogP contribution in [0.3, 0.4) is 0 Å². The summed E-state index contributed by atoms with van der Waals surface area (Å²) in [5.41, 5.74) is 4.59. The Balaban J connectivity index is 1.35. The van der Waals surface area contributed by atoms with Crippen LogP contribution in [-0.2, 0) is 32.1 Å². The van der Waals surface area contributed by atoms with Gasteiger partial charge < -0.3 is 30.1 Å². The van der Waals surface area contributed by atoms with Crippen molar-refractivity contribution in [3.8, 4) is 0 Å². The Bertz CT molecular complexity index is 1270. The number of amides is 2. The highest BCUT2D eigenvalue weighted by atomic mass is 16.7. The number of hydrogen-bond acceptors (Lipinski definition) is 7. The zero-order valence-corrected chi connectivity index (χ0v) is 25.2. The predicted molar refractivity (Wildman–Crippen MR) is 166 cm³/mol. The minimum atomic E-state index is -0.557. The Labute approximate surface area is 254 Å². The van der Waals surface area contributed by atoms with E-state index in [4.69, 9.17) is 9.47 Å². The lowest BCUT2D eigenvalue weighted by molar-refractivity contribution is -0.252. The molecule has 1 aliphatic rings. The number of carbonyl (C=O) groups excluding carboxylic acids is 2. The first-order chi connectivity index (χ1) is 20.9. The maximum atomic E-state index is 12.4. The van der Waals surface area contributed by atoms with Crippen LogP contribution in [0.5, 0.6) is 0 Å². The summed E-state index contributed by atoms with van der Waals surface area (Å²) in [6, 6.07) is 21.5. The lowest BCUT2D eigenvalue weighted by Gasteiger charge is -2.38. The fraction of sp³-hybridized carbons (Fsp3) is 0.441. The van der Waals surface area contributed by atoms with E-state index in [1.54, 1.807) is 0 Å². The zero-order chi connectivity index (χ0) is 30.4. The van der Waals surface area contributed by atoms with E-state index in [0.29, 0.717) is 19.4 Å². The number of rotatable bonds is 15. The van der Waals surface area contributed by atoms with Crippen LogP contribution in [0.15, 0.2) is 72.9 Å². The number of aliphatic hydroxyl groups is 1. The largest absolute Gasteiger partial charge is 0.392 e. The minimum Gasteiger partial charge on any atom is -0.392 e. The second-order valence-corrected chi connectivity index (χ2v) is 11.1. The molecule has 9 nitrogen and oxygen atoms in total. The van der Waals surface area contributed by atoms with E-state index in [1.165, 1.54) is 6.92 Å². The molecule has 2 heterocycles. The molecule has 0 radical (unpaired) electrons. The number of aromatic nitrogens is 1. The molecule has 0 bridgehead atoms. The molecule has 1 aliphatic heterocycles. The molecule has 0 spiro atoms. The van der Waals surface area contributed by atoms with Crippen molar-refractivity contribution in [2.24, 2.45) is 0 Å². The van der Waals surface area contributed by atoms with E-state index in [2.05, 4.69) is 27.6 Å². The van der Waals surface area contributed by atoms with Crippen molar-refractivity contribution in [2.75, 3.05) is 32.0 Å². The second-order valence-electron chi connectivity index (χ2n) is 11.1. The van der Waals surface area contributed by atoms with Crippen LogP contribution < -0.4 is 10.6 Å². The zero-order valence-electron chi connectivity index (χ0n) is 25.2. The van der Waals surface area contributed by atoms with Gasteiger partial charge in [-0.25, -0.2) is 0 Å². The van der Waals surface area contributed by atoms with Crippen molar-refractivity contribution in [3.63, 3.8) is 0 Å². The second kappa shape index (κ2) is 16.9. The van der Waals surface area contributed by atoms with Crippen LogP contribution in [0.2, 0.25) is 0 Å². The molecular formula is C34H44N4O5. The van der Waals surface area contributed by atoms with Gasteiger partial charge in [0.05, 0.1) is 18.8 Å². The van der Waals surface area contributed by atoms with Gasteiger partial charge in [-0.05, 0) is 55.3 Å². The Hall–Kier alpha value is -3.63. The third-order valence-corrected chi connectivity index (χ3v) is 7.53. The summed E-state index contributed by atoms with van der Waals surface area (Å²) in [6.07, 6.45) is 5.56. The van der Waals surface area contributed by atoms with Gasteiger partial charge in [-0.1, -0.05) is 48.9 Å². The molecule has 0 unspecified atom stereocenters. The van der Waals surface area contributed by atoms with Gasteiger partial charge in [0.25, 0.3) is 0 Å². The SMILES string of the molecule is CC(=O)NCCCCCC(=O)Nc1ccc([C@@H]2O[C@H](CN(C)CCc3ccccn3)C[C@H](c3ccc(CO)cc3)O2)cc1. The number of hydrogen-bond donors (Lipinski definition) is 3. The van der Waals surface area contributed by atoms with Gasteiger partial charge in [0, 0.05) is 69.0 Å². The molecule has 3 atom stereocenters. The van der Waals surface area contributed by atoms with Crippen LogP contribution in [0, 0.1) is 0 Å². The molecule has 230 valence electrons. The van der Waals surface area contributed by atoms with Gasteiger partial charge in [0.2, 0.25) is 11.8 Å². The average Bonchev–Trinajstić information content (AvgIpc) is 3.02. The third-order valence-electron chi connectivity index (χ3n) is 7.53. The van der Waals surface area contributed by atoms with Gasteiger partial charge in [0.15, 0.2) is 6.29 Å². The van der Waals surface area contributed by atoms with Crippen LogP contribution in [0.4, 0.5) is 5.69 Å². The van der Waals surface area contributed by atoms with Crippen molar-refractivity contribution in [2.45, 2.75) is 70.6 Å². The number of unbranched alkanes of at least 4 members (excludes halogenated alkanes) is 2. The fourth-order valence-electron chi connectivity index (χ4n) is 5.12. The van der Waals surface area contributed by atoms with E-state index in [9.17, 15) is 14.7 Å². The summed E-state index contributed by atoms with van der Waals surface area (Å²) >= 11 is 0. The lowest BCUT2D eigenvalue weighted by Crippen LogP contribution is -2.38. The van der Waals surface area contributed by atoms with Gasteiger partial charge in [-0.3, -0.25) is 14.6 Å². The topological polar surface area (TPSA) is 113 Å². The molecule has 43 heavy (non-hydrogen) atoms. The van der Waals surface area contributed by atoms with Gasteiger partial charge in [-0.15, -0.1) is 0 Å². The van der Waals surface area contributed by atoms with Gasteiger partial charge >= 0.3 is 0 Å². The summed E-state index contributed by atoms with van der Waals surface area (Å²) in [7, 11) is 2.10. The highest BCUT2D eigenvalue weighted by molar-refractivity contribution is 5.90. The molecule has 0 aliphatic carbocycles. The number of carbonyl (C=O) groups is 2. The van der Waals surface area contributed by atoms with E-state index in [0.717, 1.165) is 66.8 Å². The van der Waals surface area contributed by atoms with E-state index < -0.39 is 6.29 Å². The maximum absolute atomic E-state index is 12.4. The van der Waals surface area contributed by atoms with Crippen LogP contribution in [-0.4, -0.2) is 59.6 Å². The maximum Gasteiger partial charge on any atom is 0.224 e. The molecule has 2 amide bonds. The first kappa shape index (κ1) is 32.3. The summed E-state index contributed by atoms with van der Waals surface area (Å²) in [6.45, 7) is 3.76. The Morgan fingerprint density at radius 3 is 2.44 bits per heavy atom. The monoisotopic (exact) mass is 588 g/mol. The molecule has 3 aromatic rings. The average molecular weight is 589 g/mol. The third kappa shape index (κ3) is 10.9. The van der Waals surface area contributed by atoms with Gasteiger partial charge in [-0.2, -0.15) is 0 Å². The summed E-state index contributed by atoms with van der Waals surface area (Å²) in [5, 5.41) is 15.2. The first-order valence-electron chi connectivity index (χ1n) is 15.1. The number of pyridine rings is 1. The van der Waals surface area contributed by atoms with Crippen molar-refractivity contribution in [1.82, 2.24) is 15.2 Å². The molecule has 0 saturated carbocycles. The smallest absolute Gasteiger partial charge is 0.224 e. The minimum absolute atomic E-state index is 0.00270. The van der Waals surface area contributed by atoms with Crippen molar-refractivity contribution in [1.29, 1.82) is 0 Å². The molecule has 4 rings (SSSR count). The quantitative estimate of drug-likeness (QED) is 0.216. The number of nitrogens with one attached hydrogen (secondary N) is 2. The fourth-order valence-corrected chi connectivity index (χ4v) is 5.12. The molecule has 9 heteroatoms. The number of ether oxygens (including phenoxy) is 2. The number of anilines is 1. The van der Waals surface area contributed by atoms with Crippen LogP contribution >= 0.6 is 0 Å². The highest BCUT2D eigenvalue weighted by Crippen LogP contribution is 2.38. The number of aliphatic hydroxyl groups excluding tert-OH is 1.